The molecule has 2 aromatic heterocycles. The van der Waals surface area contributed by atoms with Gasteiger partial charge >= 0.3 is 6.18 Å². The molecule has 2 N–H and O–H groups in total. The number of fused-ring (bicyclic) bond motifs is 1. The van der Waals surface area contributed by atoms with Crippen LogP contribution >= 0.6 is 0 Å². The van der Waals surface area contributed by atoms with Gasteiger partial charge in [-0.2, -0.15) is 22.9 Å². The molecular formula is C22H14F3N5O4S. The first-order valence-electron chi connectivity index (χ1n) is 9.79. The van der Waals surface area contributed by atoms with E-state index in [1.807, 2.05) is 5.10 Å². The molecule has 35 heavy (non-hydrogen) atoms. The number of hydrogen-bond donors (Lipinski definition) is 2. The first kappa shape index (κ1) is 23.7. The third-order valence-corrected chi connectivity index (χ3v) is 6.36. The van der Waals surface area contributed by atoms with Crippen molar-refractivity contribution >= 4 is 21.6 Å². The number of carbonyl (C=O) groups excluding carboxylic acids is 1. The van der Waals surface area contributed by atoms with Crippen LogP contribution in [0.5, 0.6) is 0 Å². The number of amides is 1. The molecule has 13 heteroatoms. The van der Waals surface area contributed by atoms with Crippen LogP contribution in [0.25, 0.3) is 16.8 Å². The molecule has 0 unspecified atom stereocenters. The summed E-state index contributed by atoms with van der Waals surface area (Å²) in [6, 6.07) is 14.0. The van der Waals surface area contributed by atoms with Gasteiger partial charge in [-0.1, -0.05) is 36.4 Å². The minimum atomic E-state index is -4.89. The Kier molecular flexibility index (Phi) is 5.69. The molecule has 0 bridgehead atoms. The molecule has 2 aromatic carbocycles. The Labute approximate surface area is 195 Å². The van der Waals surface area contributed by atoms with E-state index >= 15 is 0 Å². The van der Waals surface area contributed by atoms with Gasteiger partial charge < -0.3 is 0 Å². The van der Waals surface area contributed by atoms with Crippen LogP contribution in [-0.2, 0) is 16.2 Å². The van der Waals surface area contributed by atoms with E-state index in [0.717, 1.165) is 12.1 Å². The highest BCUT2D eigenvalue weighted by molar-refractivity contribution is 7.90. The SMILES string of the molecule is Cc1nc2c(-c3ccccc3)c(C(F)(F)F)[nH]n2c(=O)c1C(=O)NS(=O)(=O)c1cccc(C#N)c1. The summed E-state index contributed by atoms with van der Waals surface area (Å²) in [4.78, 5) is 29.5. The number of benzene rings is 2. The molecule has 4 rings (SSSR count). The third kappa shape index (κ3) is 4.26. The van der Waals surface area contributed by atoms with Gasteiger partial charge in [0.1, 0.15) is 11.3 Å². The van der Waals surface area contributed by atoms with Gasteiger partial charge in [-0.15, -0.1) is 0 Å². The second-order valence-electron chi connectivity index (χ2n) is 7.34. The summed E-state index contributed by atoms with van der Waals surface area (Å²) in [5.74, 6) is -1.39. The number of halogens is 3. The van der Waals surface area contributed by atoms with Gasteiger partial charge in [0.15, 0.2) is 5.65 Å². The van der Waals surface area contributed by atoms with Crippen LogP contribution in [0.1, 0.15) is 27.3 Å². The van der Waals surface area contributed by atoms with Gasteiger partial charge in [0.05, 0.1) is 27.8 Å². The van der Waals surface area contributed by atoms with Crippen LogP contribution in [-0.4, -0.2) is 28.9 Å². The van der Waals surface area contributed by atoms with Crippen LogP contribution in [0.2, 0.25) is 0 Å². The van der Waals surface area contributed by atoms with Crippen LogP contribution in [0.3, 0.4) is 0 Å². The molecule has 9 nitrogen and oxygen atoms in total. The molecule has 2 heterocycles. The molecule has 0 aliphatic carbocycles. The minimum absolute atomic E-state index is 0.0131. The maximum atomic E-state index is 13.8. The smallest absolute Gasteiger partial charge is 0.284 e. The van der Waals surface area contributed by atoms with E-state index in [4.69, 9.17) is 5.26 Å². The normalized spacial score (nSPS) is 11.9. The Morgan fingerprint density at radius 2 is 1.83 bits per heavy atom. The predicted molar refractivity (Wildman–Crippen MR) is 117 cm³/mol. The van der Waals surface area contributed by atoms with Crippen molar-refractivity contribution in [2.24, 2.45) is 0 Å². The zero-order valence-electron chi connectivity index (χ0n) is 17.7. The van der Waals surface area contributed by atoms with Crippen molar-refractivity contribution in [2.75, 3.05) is 0 Å². The fraction of sp³-hybridized carbons (Fsp3) is 0.0909. The Bertz CT molecular complexity index is 1680. The van der Waals surface area contributed by atoms with E-state index in [-0.39, 0.29) is 22.5 Å². The summed E-state index contributed by atoms with van der Waals surface area (Å²) >= 11 is 0. The topological polar surface area (TPSA) is 137 Å². The van der Waals surface area contributed by atoms with Gasteiger partial charge in [-0.3, -0.25) is 14.7 Å². The largest absolute Gasteiger partial charge is 0.433 e. The molecular weight excluding hydrogens is 487 g/mol. The Balaban J connectivity index is 1.86. The Hall–Kier alpha value is -4.44. The highest BCUT2D eigenvalue weighted by Crippen LogP contribution is 2.38. The molecule has 4 aromatic rings. The second kappa shape index (κ2) is 8.41. The van der Waals surface area contributed by atoms with Crippen LogP contribution in [0, 0.1) is 18.3 Å². The van der Waals surface area contributed by atoms with Gasteiger partial charge in [0.2, 0.25) is 0 Å². The average Bonchev–Trinajstić information content (AvgIpc) is 3.19. The molecule has 0 radical (unpaired) electrons. The third-order valence-electron chi connectivity index (χ3n) is 5.03. The predicted octanol–water partition coefficient (Wildman–Crippen LogP) is 3.01. The molecule has 0 aliphatic heterocycles. The summed E-state index contributed by atoms with van der Waals surface area (Å²) in [6.07, 6.45) is -4.89. The molecule has 178 valence electrons. The maximum Gasteiger partial charge on any atom is 0.433 e. The number of nitriles is 1. The van der Waals surface area contributed by atoms with Crippen molar-refractivity contribution in [1.29, 1.82) is 5.26 Å². The van der Waals surface area contributed by atoms with Gasteiger partial charge in [-0.25, -0.2) is 18.1 Å². The van der Waals surface area contributed by atoms with E-state index < -0.39 is 49.4 Å². The monoisotopic (exact) mass is 501 g/mol. The van der Waals surface area contributed by atoms with E-state index in [1.54, 1.807) is 16.9 Å². The van der Waals surface area contributed by atoms with Gasteiger partial charge in [-0.05, 0) is 30.7 Å². The minimum Gasteiger partial charge on any atom is -0.284 e. The van der Waals surface area contributed by atoms with Gasteiger partial charge in [0.25, 0.3) is 21.5 Å². The number of alkyl halides is 3. The van der Waals surface area contributed by atoms with Crippen LogP contribution in [0.4, 0.5) is 13.2 Å². The average molecular weight is 501 g/mol. The van der Waals surface area contributed by atoms with E-state index in [2.05, 4.69) is 4.98 Å². The van der Waals surface area contributed by atoms with Crippen molar-refractivity contribution in [3.05, 3.63) is 87.5 Å². The van der Waals surface area contributed by atoms with E-state index in [1.165, 1.54) is 43.3 Å². The number of rotatable bonds is 4. The molecule has 0 saturated carbocycles. The fourth-order valence-electron chi connectivity index (χ4n) is 3.49. The zero-order valence-corrected chi connectivity index (χ0v) is 18.5. The van der Waals surface area contributed by atoms with Crippen molar-refractivity contribution in [1.82, 2.24) is 19.3 Å². The highest BCUT2D eigenvalue weighted by Gasteiger charge is 2.38. The number of hydrogen-bond acceptors (Lipinski definition) is 6. The number of aromatic nitrogens is 3. The lowest BCUT2D eigenvalue weighted by molar-refractivity contribution is -0.140. The zero-order chi connectivity index (χ0) is 25.5. The van der Waals surface area contributed by atoms with E-state index in [9.17, 15) is 31.2 Å². The highest BCUT2D eigenvalue weighted by atomic mass is 32.2. The number of H-pyrrole nitrogens is 1. The number of aryl methyl sites for hydroxylation is 1. The second-order valence-corrected chi connectivity index (χ2v) is 9.02. The summed E-state index contributed by atoms with van der Waals surface area (Å²) in [6.45, 7) is 1.20. The number of nitrogens with zero attached hydrogens (tertiary/aromatic N) is 3. The number of aromatic amines is 1. The molecule has 1 amide bonds. The Morgan fingerprint density at radius 3 is 2.46 bits per heavy atom. The van der Waals surface area contributed by atoms with Crippen molar-refractivity contribution in [3.8, 4) is 17.2 Å². The summed E-state index contributed by atoms with van der Waals surface area (Å²) in [5, 5.41) is 10.9. The quantitative estimate of drug-likeness (QED) is 0.441. The van der Waals surface area contributed by atoms with Crippen molar-refractivity contribution in [2.45, 2.75) is 18.0 Å². The maximum absolute atomic E-state index is 13.8. The summed E-state index contributed by atoms with van der Waals surface area (Å²) < 4.78 is 68.7. The Morgan fingerprint density at radius 1 is 1.14 bits per heavy atom. The first-order chi connectivity index (χ1) is 16.4. The summed E-state index contributed by atoms with van der Waals surface area (Å²) in [7, 11) is -4.51. The number of carbonyl (C=O) groups is 1. The molecule has 0 saturated heterocycles. The lowest BCUT2D eigenvalue weighted by atomic mass is 10.1. The van der Waals surface area contributed by atoms with Crippen molar-refractivity contribution in [3.63, 3.8) is 0 Å². The molecule has 0 aliphatic rings. The molecule has 0 atom stereocenters. The number of sulfonamides is 1. The standard InChI is InChI=1S/C22H14F3N5O4S/c1-12-16(20(31)29-35(33,34)15-9-5-6-13(10-15)11-26)21(32)30-19(27-12)17(14-7-3-2-4-8-14)18(28-30)22(23,24)25/h2-10,28H,1H3,(H,29,31). The lowest BCUT2D eigenvalue weighted by Crippen LogP contribution is -2.36. The lowest BCUT2D eigenvalue weighted by Gasteiger charge is -2.09. The van der Waals surface area contributed by atoms with Crippen LogP contribution < -0.4 is 10.3 Å². The van der Waals surface area contributed by atoms with Crippen LogP contribution in [0.15, 0.2) is 64.3 Å². The fourth-order valence-corrected chi connectivity index (χ4v) is 4.49. The number of nitrogens with one attached hydrogen (secondary N) is 2. The molecule has 0 fully saturated rings. The molecule has 0 spiro atoms. The summed E-state index contributed by atoms with van der Waals surface area (Å²) in [5.41, 5.74) is -4.17. The first-order valence-corrected chi connectivity index (χ1v) is 11.3. The van der Waals surface area contributed by atoms with Gasteiger partial charge in [0, 0.05) is 0 Å². The van der Waals surface area contributed by atoms with Crippen molar-refractivity contribution < 1.29 is 26.4 Å². The van der Waals surface area contributed by atoms with E-state index in [0.29, 0.717) is 4.52 Å².